The van der Waals surface area contributed by atoms with Crippen LogP contribution < -0.4 is 10.1 Å². The molecule has 0 unspecified atom stereocenters. The molecule has 0 bridgehead atoms. The molecule has 0 aliphatic rings. The second-order valence-electron chi connectivity index (χ2n) is 3.34. The maximum atomic E-state index is 13.0. The van der Waals surface area contributed by atoms with Crippen molar-refractivity contribution in [3.63, 3.8) is 0 Å². The number of nitrogens with one attached hydrogen (secondary N) is 1. The van der Waals surface area contributed by atoms with E-state index >= 15 is 0 Å². The van der Waals surface area contributed by atoms with E-state index < -0.39 is 5.82 Å². The molecule has 2 rings (SSSR count). The van der Waals surface area contributed by atoms with Crippen LogP contribution in [0.25, 0.3) is 0 Å². The van der Waals surface area contributed by atoms with E-state index in [1.807, 2.05) is 6.07 Å². The smallest absolute Gasteiger partial charge is 0.322 e. The second-order valence-corrected chi connectivity index (χ2v) is 3.68. The summed E-state index contributed by atoms with van der Waals surface area (Å²) in [5.41, 5.74) is 0.476. The van der Waals surface area contributed by atoms with Crippen LogP contribution in [0.15, 0.2) is 18.2 Å². The van der Waals surface area contributed by atoms with Gasteiger partial charge in [0.15, 0.2) is 0 Å². The van der Waals surface area contributed by atoms with Crippen molar-refractivity contribution in [3.8, 4) is 12.1 Å². The Morgan fingerprint density at radius 3 is 2.84 bits per heavy atom. The van der Waals surface area contributed by atoms with E-state index in [2.05, 4.69) is 20.3 Å². The van der Waals surface area contributed by atoms with E-state index in [1.165, 1.54) is 19.2 Å². The number of nitrogens with zero attached hydrogens (tertiary/aromatic N) is 4. The molecule has 0 aliphatic heterocycles. The number of ether oxygens (including phenoxy) is 1. The first-order chi connectivity index (χ1) is 9.12. The van der Waals surface area contributed by atoms with Crippen LogP contribution >= 0.6 is 11.6 Å². The van der Waals surface area contributed by atoms with Gasteiger partial charge in [-0.2, -0.15) is 20.2 Å². The summed E-state index contributed by atoms with van der Waals surface area (Å²) in [6.45, 7) is 0. The minimum absolute atomic E-state index is 0.0307. The number of benzene rings is 1. The zero-order valence-corrected chi connectivity index (χ0v) is 10.4. The van der Waals surface area contributed by atoms with Crippen molar-refractivity contribution in [1.82, 2.24) is 15.0 Å². The van der Waals surface area contributed by atoms with Crippen molar-refractivity contribution in [2.24, 2.45) is 0 Å². The second kappa shape index (κ2) is 5.46. The van der Waals surface area contributed by atoms with E-state index in [-0.39, 0.29) is 22.8 Å². The van der Waals surface area contributed by atoms with E-state index in [9.17, 15) is 4.39 Å². The lowest BCUT2D eigenvalue weighted by molar-refractivity contribution is 0.379. The first-order valence-corrected chi connectivity index (χ1v) is 5.42. The molecule has 19 heavy (non-hydrogen) atoms. The predicted octanol–water partition coefficient (Wildman–Crippen LogP) is 2.29. The zero-order valence-electron chi connectivity index (χ0n) is 9.69. The molecule has 0 spiro atoms. The lowest BCUT2D eigenvalue weighted by atomic mass is 10.2. The van der Waals surface area contributed by atoms with Crippen LogP contribution in [0.4, 0.5) is 16.0 Å². The van der Waals surface area contributed by atoms with E-state index in [1.54, 1.807) is 0 Å². The molecule has 1 heterocycles. The van der Waals surface area contributed by atoms with Crippen LogP contribution in [0.5, 0.6) is 6.01 Å². The van der Waals surface area contributed by atoms with Crippen LogP contribution in [0, 0.1) is 17.1 Å². The van der Waals surface area contributed by atoms with Crippen molar-refractivity contribution < 1.29 is 9.13 Å². The number of anilines is 2. The van der Waals surface area contributed by atoms with Gasteiger partial charge in [-0.1, -0.05) is 0 Å². The monoisotopic (exact) mass is 279 g/mol. The molecule has 8 heteroatoms. The number of methoxy groups -OCH3 is 1. The number of rotatable bonds is 3. The van der Waals surface area contributed by atoms with Gasteiger partial charge >= 0.3 is 6.01 Å². The molecule has 1 aromatic carbocycles. The normalized spacial score (nSPS) is 9.79. The molecule has 0 aliphatic carbocycles. The van der Waals surface area contributed by atoms with Gasteiger partial charge in [-0.05, 0) is 29.8 Å². The van der Waals surface area contributed by atoms with Crippen molar-refractivity contribution >= 4 is 23.2 Å². The fraction of sp³-hybridized carbons (Fsp3) is 0.0909. The Kier molecular flexibility index (Phi) is 3.73. The van der Waals surface area contributed by atoms with Gasteiger partial charge in [0, 0.05) is 0 Å². The molecule has 1 aromatic heterocycles. The topological polar surface area (TPSA) is 83.7 Å². The molecule has 6 nitrogen and oxygen atoms in total. The van der Waals surface area contributed by atoms with E-state index in [4.69, 9.17) is 21.6 Å². The first-order valence-electron chi connectivity index (χ1n) is 5.04. The van der Waals surface area contributed by atoms with Crippen LogP contribution in [0.3, 0.4) is 0 Å². The van der Waals surface area contributed by atoms with Crippen LogP contribution in [0.2, 0.25) is 5.28 Å². The zero-order chi connectivity index (χ0) is 13.8. The summed E-state index contributed by atoms with van der Waals surface area (Å²) < 4.78 is 17.8. The van der Waals surface area contributed by atoms with Crippen molar-refractivity contribution in [3.05, 3.63) is 34.9 Å². The summed E-state index contributed by atoms with van der Waals surface area (Å²) in [4.78, 5) is 11.4. The number of halogens is 2. The molecular weight excluding hydrogens is 273 g/mol. The number of hydrogen-bond donors (Lipinski definition) is 1. The molecule has 0 saturated carbocycles. The van der Waals surface area contributed by atoms with E-state index in [0.717, 1.165) is 6.07 Å². The predicted molar refractivity (Wildman–Crippen MR) is 65.8 cm³/mol. The molecule has 0 fully saturated rings. The van der Waals surface area contributed by atoms with Gasteiger partial charge in [0.25, 0.3) is 0 Å². The van der Waals surface area contributed by atoms with Gasteiger partial charge in [0.05, 0.1) is 18.4 Å². The maximum Gasteiger partial charge on any atom is 0.322 e. The Morgan fingerprint density at radius 1 is 1.37 bits per heavy atom. The molecule has 1 N–H and O–H groups in total. The largest absolute Gasteiger partial charge is 0.467 e. The van der Waals surface area contributed by atoms with Crippen LogP contribution in [-0.2, 0) is 0 Å². The molecular formula is C11H7ClFN5O. The SMILES string of the molecule is COc1nc(Cl)nc(Nc2ccc(F)cc2C#N)n1. The maximum absolute atomic E-state index is 13.0. The molecule has 0 saturated heterocycles. The third-order valence-electron chi connectivity index (χ3n) is 2.12. The summed E-state index contributed by atoms with van der Waals surface area (Å²) in [7, 11) is 1.38. The molecule has 0 radical (unpaired) electrons. The highest BCUT2D eigenvalue weighted by Crippen LogP contribution is 2.20. The highest BCUT2D eigenvalue weighted by molar-refractivity contribution is 6.28. The molecule has 0 atom stereocenters. The first kappa shape index (κ1) is 13.0. The summed E-state index contributed by atoms with van der Waals surface area (Å²) >= 11 is 5.69. The lowest BCUT2D eigenvalue weighted by Crippen LogP contribution is -2.03. The summed E-state index contributed by atoms with van der Waals surface area (Å²) in [6, 6.07) is 5.60. The quantitative estimate of drug-likeness (QED) is 0.928. The van der Waals surface area contributed by atoms with Gasteiger partial charge in [-0.25, -0.2) is 4.39 Å². The minimum atomic E-state index is -0.506. The fourth-order valence-corrected chi connectivity index (χ4v) is 1.47. The van der Waals surface area contributed by atoms with Crippen molar-refractivity contribution in [2.75, 3.05) is 12.4 Å². The third-order valence-corrected chi connectivity index (χ3v) is 2.29. The van der Waals surface area contributed by atoms with Gasteiger partial charge in [0.2, 0.25) is 11.2 Å². The summed E-state index contributed by atoms with van der Waals surface area (Å²) in [6.07, 6.45) is 0. The van der Waals surface area contributed by atoms with Crippen molar-refractivity contribution in [2.45, 2.75) is 0 Å². The third kappa shape index (κ3) is 3.05. The van der Waals surface area contributed by atoms with Crippen LogP contribution in [0.1, 0.15) is 5.56 Å². The summed E-state index contributed by atoms with van der Waals surface area (Å²) in [5.74, 6) is -0.409. The average Bonchev–Trinajstić information content (AvgIpc) is 2.40. The Morgan fingerprint density at radius 2 is 2.16 bits per heavy atom. The number of nitriles is 1. The lowest BCUT2D eigenvalue weighted by Gasteiger charge is -2.07. The summed E-state index contributed by atoms with van der Waals surface area (Å²) in [5, 5.41) is 11.6. The molecule has 96 valence electrons. The van der Waals surface area contributed by atoms with E-state index in [0.29, 0.717) is 5.69 Å². The highest BCUT2D eigenvalue weighted by atomic mass is 35.5. The average molecular weight is 280 g/mol. The van der Waals surface area contributed by atoms with Gasteiger partial charge in [-0.15, -0.1) is 0 Å². The van der Waals surface area contributed by atoms with Gasteiger partial charge in [-0.3, -0.25) is 0 Å². The highest BCUT2D eigenvalue weighted by Gasteiger charge is 2.08. The Labute approximate surface area is 112 Å². The molecule has 2 aromatic rings. The van der Waals surface area contributed by atoms with Gasteiger partial charge in [0.1, 0.15) is 11.9 Å². The standard InChI is InChI=1S/C11H7ClFN5O/c1-19-11-17-9(12)16-10(18-11)15-8-3-2-7(13)4-6(8)5-14/h2-4H,1H3,(H,15,16,17,18). The van der Waals surface area contributed by atoms with Gasteiger partial charge < -0.3 is 10.1 Å². The Balaban J connectivity index is 2.36. The Bertz CT molecular complexity index is 658. The number of hydrogen-bond acceptors (Lipinski definition) is 6. The fourth-order valence-electron chi connectivity index (χ4n) is 1.32. The van der Waals surface area contributed by atoms with Crippen molar-refractivity contribution in [1.29, 1.82) is 5.26 Å². The van der Waals surface area contributed by atoms with Crippen LogP contribution in [-0.4, -0.2) is 22.1 Å². The molecule has 0 amide bonds. The number of aromatic nitrogens is 3. The minimum Gasteiger partial charge on any atom is -0.467 e. The Hall–Kier alpha value is -2.46.